The van der Waals surface area contributed by atoms with Crippen molar-refractivity contribution in [2.45, 2.75) is 19.8 Å². The van der Waals surface area contributed by atoms with Crippen molar-refractivity contribution in [3.63, 3.8) is 0 Å². The zero-order chi connectivity index (χ0) is 20.5. The van der Waals surface area contributed by atoms with E-state index in [1.54, 1.807) is 42.5 Å². The number of unbranched alkanes of at least 4 members (excludes halogenated alkanes) is 1. The first kappa shape index (κ1) is 20.0. The molecule has 0 aliphatic rings. The average molecular weight is 395 g/mol. The maximum Gasteiger partial charge on any atom is 0.338 e. The normalized spacial score (nSPS) is 10.4. The summed E-state index contributed by atoms with van der Waals surface area (Å²) in [6.45, 7) is 2.26. The Morgan fingerprint density at radius 2 is 1.97 bits per heavy atom. The van der Waals surface area contributed by atoms with Crippen LogP contribution in [-0.4, -0.2) is 45.3 Å². The number of carbonyl (C=O) groups excluding carboxylic acids is 2. The molecule has 9 heteroatoms. The number of rotatable bonds is 9. The second-order valence-corrected chi connectivity index (χ2v) is 6.16. The van der Waals surface area contributed by atoms with Gasteiger partial charge >= 0.3 is 5.97 Å². The molecule has 1 aromatic heterocycles. The number of nitrogens with one attached hydrogen (secondary N) is 1. The van der Waals surface area contributed by atoms with Crippen LogP contribution in [0.15, 0.2) is 54.9 Å². The van der Waals surface area contributed by atoms with Crippen molar-refractivity contribution >= 4 is 17.6 Å². The number of amides is 1. The van der Waals surface area contributed by atoms with Gasteiger partial charge in [-0.2, -0.15) is 0 Å². The second kappa shape index (κ2) is 9.98. The average Bonchev–Trinajstić information content (AvgIpc) is 3.28. The third-order valence-electron chi connectivity index (χ3n) is 3.94. The van der Waals surface area contributed by atoms with Gasteiger partial charge in [-0.05, 0) is 53.2 Å². The Hall–Kier alpha value is -3.75. The number of esters is 1. The van der Waals surface area contributed by atoms with Crippen molar-refractivity contribution in [1.82, 2.24) is 20.2 Å². The van der Waals surface area contributed by atoms with Crippen LogP contribution in [0.5, 0.6) is 5.75 Å². The van der Waals surface area contributed by atoms with Gasteiger partial charge in [-0.15, -0.1) is 5.10 Å². The fraction of sp³-hybridized carbons (Fsp3) is 0.250. The quantitative estimate of drug-likeness (QED) is 0.438. The predicted octanol–water partition coefficient (Wildman–Crippen LogP) is 2.64. The van der Waals surface area contributed by atoms with Crippen molar-refractivity contribution in [2.24, 2.45) is 0 Å². The Bertz CT molecular complexity index is 942. The maximum absolute atomic E-state index is 12.1. The Balaban J connectivity index is 1.49. The Kier molecular flexibility index (Phi) is 6.88. The molecule has 0 aliphatic carbocycles. The van der Waals surface area contributed by atoms with Crippen molar-refractivity contribution in [2.75, 3.05) is 18.5 Å². The summed E-state index contributed by atoms with van der Waals surface area (Å²) in [5, 5.41) is 13.7. The molecule has 0 fully saturated rings. The van der Waals surface area contributed by atoms with E-state index >= 15 is 0 Å². The zero-order valence-corrected chi connectivity index (χ0v) is 15.9. The number of hydrogen-bond donors (Lipinski definition) is 1. The molecule has 0 aliphatic heterocycles. The standard InChI is InChI=1S/C20H21N5O4/c1-2-3-11-28-20(27)15-7-9-16(10-8-15)22-19(26)13-29-18-6-4-5-17(12-18)25-14-21-23-24-25/h4-10,12,14H,2-3,11,13H2,1H3,(H,22,26). The first-order valence-electron chi connectivity index (χ1n) is 9.19. The van der Waals surface area contributed by atoms with Crippen LogP contribution in [0.1, 0.15) is 30.1 Å². The van der Waals surface area contributed by atoms with E-state index in [1.165, 1.54) is 11.0 Å². The summed E-state index contributed by atoms with van der Waals surface area (Å²) >= 11 is 0. The molecule has 0 saturated heterocycles. The largest absolute Gasteiger partial charge is 0.484 e. The van der Waals surface area contributed by atoms with Crippen molar-refractivity contribution in [1.29, 1.82) is 0 Å². The van der Waals surface area contributed by atoms with Gasteiger partial charge in [0.15, 0.2) is 6.61 Å². The number of aromatic nitrogens is 4. The monoisotopic (exact) mass is 395 g/mol. The van der Waals surface area contributed by atoms with Gasteiger partial charge in [0.1, 0.15) is 12.1 Å². The number of benzene rings is 2. The molecule has 29 heavy (non-hydrogen) atoms. The van der Waals surface area contributed by atoms with Crippen LogP contribution >= 0.6 is 0 Å². The first-order valence-corrected chi connectivity index (χ1v) is 9.19. The molecule has 1 amide bonds. The fourth-order valence-electron chi connectivity index (χ4n) is 2.42. The molecule has 0 saturated carbocycles. The van der Waals surface area contributed by atoms with E-state index in [1.807, 2.05) is 13.0 Å². The third kappa shape index (κ3) is 5.86. The summed E-state index contributed by atoms with van der Waals surface area (Å²) in [6.07, 6.45) is 3.26. The summed E-state index contributed by atoms with van der Waals surface area (Å²) in [5.74, 6) is -0.184. The van der Waals surface area contributed by atoms with Crippen LogP contribution in [0, 0.1) is 0 Å². The van der Waals surface area contributed by atoms with Gasteiger partial charge in [-0.1, -0.05) is 19.4 Å². The van der Waals surface area contributed by atoms with Crippen LogP contribution in [-0.2, 0) is 9.53 Å². The maximum atomic E-state index is 12.1. The van der Waals surface area contributed by atoms with Crippen molar-refractivity contribution < 1.29 is 19.1 Å². The van der Waals surface area contributed by atoms with Gasteiger partial charge in [0.05, 0.1) is 17.9 Å². The molecular weight excluding hydrogens is 374 g/mol. The minimum Gasteiger partial charge on any atom is -0.484 e. The summed E-state index contributed by atoms with van der Waals surface area (Å²) in [7, 11) is 0. The molecule has 1 N–H and O–H groups in total. The fourth-order valence-corrected chi connectivity index (χ4v) is 2.42. The van der Waals surface area contributed by atoms with E-state index in [2.05, 4.69) is 20.8 Å². The van der Waals surface area contributed by atoms with Gasteiger partial charge in [0, 0.05) is 11.8 Å². The Morgan fingerprint density at radius 3 is 2.69 bits per heavy atom. The minimum atomic E-state index is -0.373. The topological polar surface area (TPSA) is 108 Å². The molecule has 150 valence electrons. The number of nitrogens with zero attached hydrogens (tertiary/aromatic N) is 4. The lowest BCUT2D eigenvalue weighted by Crippen LogP contribution is -2.20. The molecule has 3 rings (SSSR count). The molecule has 0 atom stereocenters. The summed E-state index contributed by atoms with van der Waals surface area (Å²) in [6, 6.07) is 13.6. The van der Waals surface area contributed by atoms with E-state index in [4.69, 9.17) is 9.47 Å². The van der Waals surface area contributed by atoms with Crippen LogP contribution in [0.4, 0.5) is 5.69 Å². The van der Waals surface area contributed by atoms with Crippen LogP contribution < -0.4 is 10.1 Å². The lowest BCUT2D eigenvalue weighted by atomic mass is 10.2. The highest BCUT2D eigenvalue weighted by Gasteiger charge is 2.09. The summed E-state index contributed by atoms with van der Waals surface area (Å²) < 4.78 is 12.2. The van der Waals surface area contributed by atoms with Crippen molar-refractivity contribution in [3.05, 3.63) is 60.4 Å². The number of anilines is 1. The SMILES string of the molecule is CCCCOC(=O)c1ccc(NC(=O)COc2cccc(-n3cnnn3)c2)cc1. The molecule has 0 unspecified atom stereocenters. The van der Waals surface area contributed by atoms with E-state index < -0.39 is 0 Å². The highest BCUT2D eigenvalue weighted by atomic mass is 16.5. The molecular formula is C20H21N5O4. The molecule has 1 heterocycles. The second-order valence-electron chi connectivity index (χ2n) is 6.16. The predicted molar refractivity (Wildman–Crippen MR) is 105 cm³/mol. The third-order valence-corrected chi connectivity index (χ3v) is 3.94. The van der Waals surface area contributed by atoms with Gasteiger partial charge in [0.25, 0.3) is 5.91 Å². The first-order chi connectivity index (χ1) is 14.2. The molecule has 2 aromatic carbocycles. The lowest BCUT2D eigenvalue weighted by molar-refractivity contribution is -0.118. The highest BCUT2D eigenvalue weighted by molar-refractivity contribution is 5.93. The van der Waals surface area contributed by atoms with Gasteiger partial charge < -0.3 is 14.8 Å². The van der Waals surface area contributed by atoms with E-state index in [0.29, 0.717) is 29.3 Å². The van der Waals surface area contributed by atoms with Gasteiger partial charge in [-0.3, -0.25) is 4.79 Å². The molecule has 0 bridgehead atoms. The molecule has 9 nitrogen and oxygen atoms in total. The van der Waals surface area contributed by atoms with Crippen LogP contribution in [0.25, 0.3) is 5.69 Å². The number of hydrogen-bond acceptors (Lipinski definition) is 7. The molecule has 0 spiro atoms. The van der Waals surface area contributed by atoms with Gasteiger partial charge in [0.2, 0.25) is 0 Å². The van der Waals surface area contributed by atoms with E-state index in [-0.39, 0.29) is 18.5 Å². The zero-order valence-electron chi connectivity index (χ0n) is 15.9. The van der Waals surface area contributed by atoms with E-state index in [0.717, 1.165) is 12.8 Å². The van der Waals surface area contributed by atoms with Crippen LogP contribution in [0.2, 0.25) is 0 Å². The van der Waals surface area contributed by atoms with Gasteiger partial charge in [-0.25, -0.2) is 9.48 Å². The lowest BCUT2D eigenvalue weighted by Gasteiger charge is -2.09. The summed E-state index contributed by atoms with van der Waals surface area (Å²) in [5.41, 5.74) is 1.72. The number of ether oxygens (including phenoxy) is 2. The van der Waals surface area contributed by atoms with Crippen molar-refractivity contribution in [3.8, 4) is 11.4 Å². The Morgan fingerprint density at radius 1 is 1.14 bits per heavy atom. The summed E-state index contributed by atoms with van der Waals surface area (Å²) in [4.78, 5) is 24.0. The smallest absolute Gasteiger partial charge is 0.338 e. The molecule has 3 aromatic rings. The minimum absolute atomic E-state index is 0.167. The van der Waals surface area contributed by atoms with E-state index in [9.17, 15) is 9.59 Å². The highest BCUT2D eigenvalue weighted by Crippen LogP contribution is 2.16. The van der Waals surface area contributed by atoms with Crippen LogP contribution in [0.3, 0.4) is 0 Å². The number of carbonyl (C=O) groups is 2. The molecule has 0 radical (unpaired) electrons. The number of tetrazole rings is 1. The Labute approximate surface area is 167 Å².